The number of alkyl halides is 4. The first kappa shape index (κ1) is 32.6. The molecule has 0 radical (unpaired) electrons. The van der Waals surface area contributed by atoms with Crippen molar-refractivity contribution in [2.75, 3.05) is 5.75 Å². The second kappa shape index (κ2) is 12.4. The van der Waals surface area contributed by atoms with Gasteiger partial charge in [-0.05, 0) is 99.9 Å². The van der Waals surface area contributed by atoms with Crippen molar-refractivity contribution in [3.05, 3.63) is 35.9 Å². The number of nitrogens with zero attached hydrogens (tertiary/aromatic N) is 1. The van der Waals surface area contributed by atoms with Gasteiger partial charge in [0.1, 0.15) is 0 Å². The zero-order valence-corrected chi connectivity index (χ0v) is 27.3. The average molecular weight is 634 g/mol. The van der Waals surface area contributed by atoms with Gasteiger partial charge in [-0.1, -0.05) is 44.1 Å². The lowest BCUT2D eigenvalue weighted by Gasteiger charge is -2.44. The fourth-order valence-corrected chi connectivity index (χ4v) is 11.4. The van der Waals surface area contributed by atoms with Crippen LogP contribution in [-0.4, -0.2) is 45.9 Å². The molecule has 2 aliphatic carbocycles. The summed E-state index contributed by atoms with van der Waals surface area (Å²) in [5, 5.41) is 0. The molecule has 1 unspecified atom stereocenters. The van der Waals surface area contributed by atoms with Crippen LogP contribution in [-0.2, 0) is 14.3 Å². The Labute approximate surface area is 247 Å². The number of sulfone groups is 1. The lowest BCUT2D eigenvalue weighted by atomic mass is 9.60. The summed E-state index contributed by atoms with van der Waals surface area (Å²) in [5.41, 5.74) is -0.855. The van der Waals surface area contributed by atoms with Crippen molar-refractivity contribution in [3.8, 4) is 0 Å². The van der Waals surface area contributed by atoms with Crippen LogP contribution < -0.4 is 0 Å². The van der Waals surface area contributed by atoms with Crippen molar-refractivity contribution in [2.24, 2.45) is 23.2 Å². The molecule has 2 fully saturated rings. The summed E-state index contributed by atoms with van der Waals surface area (Å²) in [6.07, 6.45) is 0.650. The molecule has 0 saturated heterocycles. The van der Waals surface area contributed by atoms with Gasteiger partial charge in [-0.3, -0.25) is 0 Å². The van der Waals surface area contributed by atoms with Crippen LogP contribution >= 0.6 is 11.3 Å². The number of hydrogen-bond donors (Lipinski definition) is 0. The highest BCUT2D eigenvalue weighted by molar-refractivity contribution is 7.93. The third kappa shape index (κ3) is 6.93. The van der Waals surface area contributed by atoms with E-state index in [1.165, 1.54) is 16.9 Å². The Morgan fingerprint density at radius 1 is 1.17 bits per heavy atom. The van der Waals surface area contributed by atoms with Gasteiger partial charge in [0.2, 0.25) is 14.2 Å². The van der Waals surface area contributed by atoms with Gasteiger partial charge in [0, 0.05) is 0 Å². The van der Waals surface area contributed by atoms with E-state index in [2.05, 4.69) is 18.8 Å². The SMILES string of the molecule is CC(CCCC(O[Si](C)(C)C)(C(F)F)C(F)F)[C@H]1CC[C@H]2C(=CCS(=O)(=O)c3nc4ccccc4s3)CCC[C@]12C. The van der Waals surface area contributed by atoms with Gasteiger partial charge in [-0.15, -0.1) is 11.3 Å². The minimum atomic E-state index is -3.55. The molecular weight excluding hydrogens is 591 g/mol. The van der Waals surface area contributed by atoms with Crippen molar-refractivity contribution >= 4 is 39.7 Å². The third-order valence-corrected chi connectivity index (χ3v) is 13.4. The molecule has 0 spiro atoms. The topological polar surface area (TPSA) is 56.3 Å². The van der Waals surface area contributed by atoms with Crippen LogP contribution in [0.3, 0.4) is 0 Å². The van der Waals surface area contributed by atoms with Crippen LogP contribution in [0.1, 0.15) is 65.2 Å². The van der Waals surface area contributed by atoms with Gasteiger partial charge in [-0.25, -0.2) is 31.0 Å². The summed E-state index contributed by atoms with van der Waals surface area (Å²) in [7, 11) is -6.18. The quantitative estimate of drug-likeness (QED) is 0.133. The van der Waals surface area contributed by atoms with Crippen LogP contribution in [0.4, 0.5) is 17.6 Å². The number of halogens is 4. The van der Waals surface area contributed by atoms with E-state index in [1.54, 1.807) is 19.6 Å². The Morgan fingerprint density at radius 2 is 1.85 bits per heavy atom. The summed E-state index contributed by atoms with van der Waals surface area (Å²) < 4.78 is 88.7. The van der Waals surface area contributed by atoms with Crippen molar-refractivity contribution in [3.63, 3.8) is 0 Å². The zero-order chi connectivity index (χ0) is 30.2. The number of fused-ring (bicyclic) bond motifs is 2. The first-order valence-corrected chi connectivity index (χ1v) is 20.5. The van der Waals surface area contributed by atoms with E-state index in [1.807, 2.05) is 30.3 Å². The highest BCUT2D eigenvalue weighted by Gasteiger charge is 2.53. The predicted octanol–water partition coefficient (Wildman–Crippen LogP) is 9.14. The van der Waals surface area contributed by atoms with E-state index < -0.39 is 36.6 Å². The summed E-state index contributed by atoms with van der Waals surface area (Å²) in [6.45, 7) is 9.37. The molecule has 4 nitrogen and oxygen atoms in total. The molecule has 2 aromatic rings. The smallest absolute Gasteiger partial charge is 0.271 e. The molecule has 1 aromatic heterocycles. The Bertz CT molecular complexity index is 1300. The van der Waals surface area contributed by atoms with Crippen LogP contribution in [0, 0.1) is 23.2 Å². The molecule has 230 valence electrons. The Kier molecular flexibility index (Phi) is 9.83. The Morgan fingerprint density at radius 3 is 2.49 bits per heavy atom. The van der Waals surface area contributed by atoms with E-state index in [9.17, 15) is 26.0 Å². The number of benzene rings is 1. The Hall–Kier alpha value is -1.30. The molecule has 11 heteroatoms. The summed E-state index contributed by atoms with van der Waals surface area (Å²) in [4.78, 5) is 4.35. The third-order valence-electron chi connectivity index (χ3n) is 9.29. The fourth-order valence-electron chi connectivity index (χ4n) is 7.46. The van der Waals surface area contributed by atoms with Gasteiger partial charge >= 0.3 is 0 Å². The Balaban J connectivity index is 1.43. The molecule has 4 atom stereocenters. The first-order valence-electron chi connectivity index (χ1n) is 14.6. The monoisotopic (exact) mass is 633 g/mol. The maximum atomic E-state index is 14.0. The summed E-state index contributed by atoms with van der Waals surface area (Å²) in [5.74, 6) is 0.694. The van der Waals surface area contributed by atoms with Crippen molar-refractivity contribution < 1.29 is 30.4 Å². The minimum Gasteiger partial charge on any atom is -0.402 e. The van der Waals surface area contributed by atoms with Gasteiger partial charge in [0.05, 0.1) is 16.0 Å². The molecule has 1 heterocycles. The zero-order valence-electron chi connectivity index (χ0n) is 24.6. The van der Waals surface area contributed by atoms with Gasteiger partial charge in [0.15, 0.2) is 13.9 Å². The largest absolute Gasteiger partial charge is 0.402 e. The molecule has 2 aliphatic rings. The normalized spacial score (nSPS) is 25.9. The highest BCUT2D eigenvalue weighted by Crippen LogP contribution is 2.60. The van der Waals surface area contributed by atoms with Crippen molar-refractivity contribution in [1.29, 1.82) is 0 Å². The molecule has 41 heavy (non-hydrogen) atoms. The van der Waals surface area contributed by atoms with Crippen LogP contribution in [0.2, 0.25) is 19.6 Å². The van der Waals surface area contributed by atoms with Crippen molar-refractivity contribution in [2.45, 2.75) is 108 Å². The van der Waals surface area contributed by atoms with E-state index in [0.29, 0.717) is 17.9 Å². The predicted molar refractivity (Wildman–Crippen MR) is 160 cm³/mol. The maximum absolute atomic E-state index is 14.0. The van der Waals surface area contributed by atoms with Gasteiger partial charge in [-0.2, -0.15) is 0 Å². The number of allylic oxidation sites excluding steroid dienone is 1. The van der Waals surface area contributed by atoms with Crippen molar-refractivity contribution in [1.82, 2.24) is 4.98 Å². The van der Waals surface area contributed by atoms with Crippen LogP contribution in [0.25, 0.3) is 10.2 Å². The molecule has 0 aliphatic heterocycles. The summed E-state index contributed by atoms with van der Waals surface area (Å²) in [6, 6.07) is 7.40. The molecule has 0 amide bonds. The lowest BCUT2D eigenvalue weighted by Crippen LogP contribution is -2.53. The number of aromatic nitrogens is 1. The number of rotatable bonds is 12. The van der Waals surface area contributed by atoms with E-state index in [0.717, 1.165) is 36.8 Å². The number of hydrogen-bond acceptors (Lipinski definition) is 5. The molecule has 1 aromatic carbocycles. The maximum Gasteiger partial charge on any atom is 0.271 e. The summed E-state index contributed by atoms with van der Waals surface area (Å²) >= 11 is 1.20. The first-order chi connectivity index (χ1) is 19.1. The van der Waals surface area contributed by atoms with E-state index in [-0.39, 0.29) is 40.2 Å². The van der Waals surface area contributed by atoms with E-state index >= 15 is 0 Å². The fraction of sp³-hybridized carbons (Fsp3) is 0.700. The number of para-hydroxylation sites is 1. The van der Waals surface area contributed by atoms with Crippen LogP contribution in [0.5, 0.6) is 0 Å². The standard InChI is InChI=1S/C30H43F4NO3S2Si/c1-20(10-8-18-30(26(31)32,27(33)34)38-41(3,4)5)22-14-15-23-21(11-9-17-29(22,23)2)16-19-40(36,37)28-35-24-12-6-7-13-25(24)39-28/h6-7,12-13,16,20,22-23,26-27H,8-11,14-15,17-19H2,1-5H3/t20?,22-,23+,29-/m1/s1. The minimum absolute atomic E-state index is 0.0273. The number of thiazole rings is 1. The van der Waals surface area contributed by atoms with Gasteiger partial charge < -0.3 is 4.43 Å². The molecule has 0 bridgehead atoms. The molecule has 0 N–H and O–H groups in total. The van der Waals surface area contributed by atoms with Gasteiger partial charge in [0.25, 0.3) is 12.9 Å². The molecule has 4 rings (SSSR count). The van der Waals surface area contributed by atoms with E-state index in [4.69, 9.17) is 4.43 Å². The second-order valence-corrected chi connectivity index (χ2v) is 20.9. The van der Waals surface area contributed by atoms with Crippen LogP contribution in [0.15, 0.2) is 40.3 Å². The molecular formula is C30H43F4NO3S2Si. The average Bonchev–Trinajstić information content (AvgIpc) is 3.47. The highest BCUT2D eigenvalue weighted by atomic mass is 32.2. The second-order valence-electron chi connectivity index (χ2n) is 13.2. The lowest BCUT2D eigenvalue weighted by molar-refractivity contribution is -0.169. The molecule has 2 saturated carbocycles.